The van der Waals surface area contributed by atoms with Crippen molar-refractivity contribution in [3.05, 3.63) is 70.7 Å². The smallest absolute Gasteiger partial charge is 0.0916 e. The largest absolute Gasteiger partial charge is 0.387 e. The van der Waals surface area contributed by atoms with E-state index in [1.165, 1.54) is 5.56 Å². The van der Waals surface area contributed by atoms with Crippen LogP contribution in [-0.4, -0.2) is 42.4 Å². The predicted molar refractivity (Wildman–Crippen MR) is 92.7 cm³/mol. The van der Waals surface area contributed by atoms with E-state index in [0.717, 1.165) is 25.1 Å². The number of aliphatic hydroxyl groups is 1. The van der Waals surface area contributed by atoms with E-state index in [1.807, 2.05) is 30.3 Å². The highest BCUT2D eigenvalue weighted by molar-refractivity contribution is 6.30. The Morgan fingerprint density at radius 1 is 1.13 bits per heavy atom. The number of β-amino-alcohol motifs (C(OH)–C–C–N with tert-alkyl or cyclic N) is 1. The fourth-order valence-corrected chi connectivity index (χ4v) is 3.11. The molecule has 1 N–H and O–H groups in total. The quantitative estimate of drug-likeness (QED) is 0.912. The van der Waals surface area contributed by atoms with Crippen LogP contribution < -0.4 is 0 Å². The highest BCUT2D eigenvalue weighted by atomic mass is 35.5. The van der Waals surface area contributed by atoms with Crippen molar-refractivity contribution < 1.29 is 9.84 Å². The molecule has 1 fully saturated rings. The van der Waals surface area contributed by atoms with Gasteiger partial charge in [-0.1, -0.05) is 54.1 Å². The fraction of sp³-hybridized carbons (Fsp3) is 0.368. The zero-order chi connectivity index (χ0) is 16.1. The highest BCUT2D eigenvalue weighted by Gasteiger charge is 2.23. The maximum absolute atomic E-state index is 10.4. The molecule has 0 aliphatic carbocycles. The van der Waals surface area contributed by atoms with Crippen molar-refractivity contribution in [2.24, 2.45) is 0 Å². The molecule has 4 heteroatoms. The zero-order valence-electron chi connectivity index (χ0n) is 13.1. The number of rotatable bonds is 5. The lowest BCUT2D eigenvalue weighted by molar-refractivity contribution is -0.0400. The number of benzene rings is 2. The van der Waals surface area contributed by atoms with Crippen LogP contribution in [0.4, 0.5) is 0 Å². The van der Waals surface area contributed by atoms with Crippen molar-refractivity contribution in [3.8, 4) is 0 Å². The van der Waals surface area contributed by atoms with Crippen LogP contribution in [0.2, 0.25) is 5.02 Å². The molecule has 2 aromatic carbocycles. The lowest BCUT2D eigenvalue weighted by atomic mass is 10.1. The first-order chi connectivity index (χ1) is 11.2. The molecule has 122 valence electrons. The molecular formula is C19H22ClNO2. The van der Waals surface area contributed by atoms with Gasteiger partial charge >= 0.3 is 0 Å². The van der Waals surface area contributed by atoms with Gasteiger partial charge in [0.2, 0.25) is 0 Å². The summed E-state index contributed by atoms with van der Waals surface area (Å²) >= 11 is 5.90. The van der Waals surface area contributed by atoms with Crippen molar-refractivity contribution in [2.45, 2.75) is 18.6 Å². The molecule has 3 nitrogen and oxygen atoms in total. The van der Waals surface area contributed by atoms with E-state index in [9.17, 15) is 5.11 Å². The minimum absolute atomic E-state index is 0.184. The average molecular weight is 332 g/mol. The van der Waals surface area contributed by atoms with Gasteiger partial charge in [0.15, 0.2) is 0 Å². The van der Waals surface area contributed by atoms with E-state index >= 15 is 0 Å². The second kappa shape index (κ2) is 7.93. The van der Waals surface area contributed by atoms with Crippen molar-refractivity contribution >= 4 is 11.6 Å². The lowest BCUT2D eigenvalue weighted by Gasteiger charge is -2.34. The fourth-order valence-electron chi connectivity index (χ4n) is 2.98. The van der Waals surface area contributed by atoms with E-state index < -0.39 is 6.10 Å². The Bertz CT molecular complexity index is 603. The van der Waals surface area contributed by atoms with Gasteiger partial charge < -0.3 is 9.84 Å². The van der Waals surface area contributed by atoms with E-state index in [4.69, 9.17) is 16.3 Å². The van der Waals surface area contributed by atoms with Gasteiger partial charge in [-0.3, -0.25) is 4.90 Å². The summed E-state index contributed by atoms with van der Waals surface area (Å²) in [6.07, 6.45) is 0.597. The molecule has 0 aromatic heterocycles. The topological polar surface area (TPSA) is 32.7 Å². The van der Waals surface area contributed by atoms with Crippen LogP contribution in [0.1, 0.15) is 17.2 Å². The molecule has 0 unspecified atom stereocenters. The molecule has 1 aliphatic heterocycles. The van der Waals surface area contributed by atoms with E-state index in [0.29, 0.717) is 18.2 Å². The molecule has 0 saturated carbocycles. The standard InChI is InChI=1S/C19H22ClNO2/c20-17-8-6-16(7-9-17)19(22)14-21-10-11-23-18(13-21)12-15-4-2-1-3-5-15/h1-9,18-19,22H,10-14H2/t18-,19+/m0/s1. The molecule has 0 radical (unpaired) electrons. The Kier molecular flexibility index (Phi) is 5.68. The third-order valence-electron chi connectivity index (χ3n) is 4.22. The zero-order valence-corrected chi connectivity index (χ0v) is 13.8. The van der Waals surface area contributed by atoms with Gasteiger partial charge in [0.1, 0.15) is 0 Å². The van der Waals surface area contributed by atoms with Crippen molar-refractivity contribution in [2.75, 3.05) is 26.2 Å². The molecule has 0 amide bonds. The summed E-state index contributed by atoms with van der Waals surface area (Å²) in [5, 5.41) is 11.1. The molecule has 0 bridgehead atoms. The number of hydrogen-bond acceptors (Lipinski definition) is 3. The summed E-state index contributed by atoms with van der Waals surface area (Å²) in [4.78, 5) is 2.27. The summed E-state index contributed by atoms with van der Waals surface area (Å²) in [5.74, 6) is 0. The number of aliphatic hydroxyl groups excluding tert-OH is 1. The minimum Gasteiger partial charge on any atom is -0.387 e. The molecular weight excluding hydrogens is 310 g/mol. The first kappa shape index (κ1) is 16.5. The van der Waals surface area contributed by atoms with Crippen LogP contribution in [-0.2, 0) is 11.2 Å². The SMILES string of the molecule is O[C@H](CN1CCO[C@@H](Cc2ccccc2)C1)c1ccc(Cl)cc1. The summed E-state index contributed by atoms with van der Waals surface area (Å²) in [5.41, 5.74) is 2.19. The summed E-state index contributed by atoms with van der Waals surface area (Å²) in [7, 11) is 0. The molecule has 2 aromatic rings. The molecule has 0 spiro atoms. The number of hydrogen-bond donors (Lipinski definition) is 1. The molecule has 1 aliphatic rings. The Labute approximate surface area is 142 Å². The van der Waals surface area contributed by atoms with Gasteiger partial charge in [-0.05, 0) is 29.7 Å². The number of ether oxygens (including phenoxy) is 1. The molecule has 2 atom stereocenters. The predicted octanol–water partition coefficient (Wildman–Crippen LogP) is 3.32. The van der Waals surface area contributed by atoms with Crippen molar-refractivity contribution in [3.63, 3.8) is 0 Å². The number of morpholine rings is 1. The maximum atomic E-state index is 10.4. The van der Waals surface area contributed by atoms with Gasteiger partial charge in [0.05, 0.1) is 18.8 Å². The normalized spacial score (nSPS) is 20.3. The summed E-state index contributed by atoms with van der Waals surface area (Å²) < 4.78 is 5.87. The third-order valence-corrected chi connectivity index (χ3v) is 4.47. The maximum Gasteiger partial charge on any atom is 0.0916 e. The highest BCUT2D eigenvalue weighted by Crippen LogP contribution is 2.19. The number of nitrogens with zero attached hydrogens (tertiary/aromatic N) is 1. The Morgan fingerprint density at radius 3 is 2.61 bits per heavy atom. The lowest BCUT2D eigenvalue weighted by Crippen LogP contribution is -2.44. The van der Waals surface area contributed by atoms with Crippen LogP contribution in [0.3, 0.4) is 0 Å². The minimum atomic E-state index is -0.497. The van der Waals surface area contributed by atoms with Crippen LogP contribution in [0.15, 0.2) is 54.6 Å². The monoisotopic (exact) mass is 331 g/mol. The van der Waals surface area contributed by atoms with Crippen LogP contribution in [0.25, 0.3) is 0 Å². The van der Waals surface area contributed by atoms with Gasteiger partial charge in [0, 0.05) is 24.7 Å². The summed E-state index contributed by atoms with van der Waals surface area (Å²) in [6, 6.07) is 17.8. The van der Waals surface area contributed by atoms with Crippen molar-refractivity contribution in [1.82, 2.24) is 4.90 Å². The molecule has 1 saturated heterocycles. The van der Waals surface area contributed by atoms with Crippen molar-refractivity contribution in [1.29, 1.82) is 0 Å². The average Bonchev–Trinajstić information content (AvgIpc) is 2.57. The second-order valence-corrected chi connectivity index (χ2v) is 6.45. The van der Waals surface area contributed by atoms with E-state index in [-0.39, 0.29) is 6.10 Å². The van der Waals surface area contributed by atoms with Gasteiger partial charge in [-0.2, -0.15) is 0 Å². The van der Waals surface area contributed by atoms with E-state index in [1.54, 1.807) is 0 Å². The van der Waals surface area contributed by atoms with Crippen LogP contribution in [0, 0.1) is 0 Å². The molecule has 23 heavy (non-hydrogen) atoms. The Morgan fingerprint density at radius 2 is 1.87 bits per heavy atom. The molecule has 3 rings (SSSR count). The Balaban J connectivity index is 1.55. The van der Waals surface area contributed by atoms with Gasteiger partial charge in [0.25, 0.3) is 0 Å². The Hall–Kier alpha value is -1.39. The third kappa shape index (κ3) is 4.79. The van der Waals surface area contributed by atoms with Gasteiger partial charge in [-0.15, -0.1) is 0 Å². The first-order valence-corrected chi connectivity index (χ1v) is 8.40. The van der Waals surface area contributed by atoms with Crippen LogP contribution >= 0.6 is 11.6 Å². The van der Waals surface area contributed by atoms with Gasteiger partial charge in [-0.25, -0.2) is 0 Å². The number of halogens is 1. The second-order valence-electron chi connectivity index (χ2n) is 6.01. The van der Waals surface area contributed by atoms with Crippen LogP contribution in [0.5, 0.6) is 0 Å². The first-order valence-electron chi connectivity index (χ1n) is 8.02. The molecule has 1 heterocycles. The van der Waals surface area contributed by atoms with E-state index in [2.05, 4.69) is 29.2 Å². The summed E-state index contributed by atoms with van der Waals surface area (Å²) in [6.45, 7) is 3.04.